The maximum absolute atomic E-state index is 12.9. The molecule has 0 aliphatic carbocycles. The van der Waals surface area contributed by atoms with E-state index in [-0.39, 0.29) is 11.7 Å². The largest absolute Gasteiger partial charge is 0.493 e. The third kappa shape index (κ3) is 4.86. The molecule has 0 heterocycles. The fourth-order valence-electron chi connectivity index (χ4n) is 2.49. The van der Waals surface area contributed by atoms with Gasteiger partial charge >= 0.3 is 0 Å². The van der Waals surface area contributed by atoms with Gasteiger partial charge in [0.25, 0.3) is 0 Å². The van der Waals surface area contributed by atoms with Gasteiger partial charge < -0.3 is 19.5 Å². The molecule has 1 amide bonds. The van der Waals surface area contributed by atoms with Crippen molar-refractivity contribution in [2.24, 2.45) is 0 Å². The number of rotatable bonds is 8. The Balaban J connectivity index is 1.96. The van der Waals surface area contributed by atoms with Gasteiger partial charge in [-0.1, -0.05) is 12.1 Å². The van der Waals surface area contributed by atoms with E-state index in [0.717, 1.165) is 11.1 Å². The van der Waals surface area contributed by atoms with Gasteiger partial charge in [-0.25, -0.2) is 4.39 Å². The maximum atomic E-state index is 12.9. The number of hydrogen-bond donors (Lipinski definition) is 1. The molecule has 0 saturated heterocycles. The first-order valence-electron chi connectivity index (χ1n) is 7.88. The lowest BCUT2D eigenvalue weighted by Gasteiger charge is -2.16. The molecule has 0 unspecified atom stereocenters. The van der Waals surface area contributed by atoms with Crippen LogP contribution >= 0.6 is 0 Å². The molecule has 0 bridgehead atoms. The van der Waals surface area contributed by atoms with Crippen LogP contribution in [-0.2, 0) is 17.8 Å². The Morgan fingerprint density at radius 3 is 2.24 bits per heavy atom. The van der Waals surface area contributed by atoms with Crippen LogP contribution in [0.3, 0.4) is 0 Å². The Morgan fingerprint density at radius 1 is 0.960 bits per heavy atom. The second kappa shape index (κ2) is 8.92. The van der Waals surface area contributed by atoms with Crippen LogP contribution in [0.1, 0.15) is 17.5 Å². The minimum absolute atomic E-state index is 0.0961. The molecule has 0 aliphatic rings. The van der Waals surface area contributed by atoms with Crippen molar-refractivity contribution < 1.29 is 23.4 Å². The Hall–Kier alpha value is -2.76. The van der Waals surface area contributed by atoms with Crippen LogP contribution in [0.15, 0.2) is 36.4 Å². The van der Waals surface area contributed by atoms with Crippen molar-refractivity contribution in [3.63, 3.8) is 0 Å². The van der Waals surface area contributed by atoms with Crippen LogP contribution in [0.2, 0.25) is 0 Å². The number of ether oxygens (including phenoxy) is 3. The van der Waals surface area contributed by atoms with Crippen molar-refractivity contribution in [2.75, 3.05) is 21.3 Å². The summed E-state index contributed by atoms with van der Waals surface area (Å²) in [5, 5.41) is 2.85. The third-order valence-corrected chi connectivity index (χ3v) is 3.82. The van der Waals surface area contributed by atoms with Gasteiger partial charge in [0.15, 0.2) is 11.5 Å². The van der Waals surface area contributed by atoms with E-state index in [4.69, 9.17) is 14.2 Å². The van der Waals surface area contributed by atoms with E-state index >= 15 is 0 Å². The number of halogens is 1. The van der Waals surface area contributed by atoms with Gasteiger partial charge in [-0.15, -0.1) is 0 Å². The Kier molecular flexibility index (Phi) is 6.62. The summed E-state index contributed by atoms with van der Waals surface area (Å²) in [6, 6.07) is 9.73. The summed E-state index contributed by atoms with van der Waals surface area (Å²) in [5.41, 5.74) is 1.70. The van der Waals surface area contributed by atoms with E-state index in [0.29, 0.717) is 36.6 Å². The van der Waals surface area contributed by atoms with Crippen LogP contribution < -0.4 is 19.5 Å². The average Bonchev–Trinajstić information content (AvgIpc) is 2.64. The molecule has 25 heavy (non-hydrogen) atoms. The molecule has 0 saturated carbocycles. The highest BCUT2D eigenvalue weighted by Crippen LogP contribution is 2.39. The molecule has 2 rings (SSSR count). The Morgan fingerprint density at radius 2 is 1.64 bits per heavy atom. The lowest BCUT2D eigenvalue weighted by Crippen LogP contribution is -2.23. The van der Waals surface area contributed by atoms with E-state index in [9.17, 15) is 9.18 Å². The van der Waals surface area contributed by atoms with Crippen LogP contribution in [0.5, 0.6) is 17.2 Å². The average molecular weight is 347 g/mol. The van der Waals surface area contributed by atoms with E-state index in [2.05, 4.69) is 5.32 Å². The van der Waals surface area contributed by atoms with Crippen LogP contribution in [0, 0.1) is 5.82 Å². The summed E-state index contributed by atoms with van der Waals surface area (Å²) < 4.78 is 28.8. The molecular formula is C19H22FNO4. The van der Waals surface area contributed by atoms with Crippen molar-refractivity contribution in [1.29, 1.82) is 0 Å². The summed E-state index contributed by atoms with van der Waals surface area (Å²) in [5.74, 6) is 1.20. The number of nitrogens with one attached hydrogen (secondary N) is 1. The topological polar surface area (TPSA) is 56.8 Å². The normalized spacial score (nSPS) is 10.2. The van der Waals surface area contributed by atoms with Crippen molar-refractivity contribution in [3.8, 4) is 17.2 Å². The van der Waals surface area contributed by atoms with Gasteiger partial charge in [0, 0.05) is 18.5 Å². The number of amides is 1. The van der Waals surface area contributed by atoms with Crippen molar-refractivity contribution in [3.05, 3.63) is 53.3 Å². The van der Waals surface area contributed by atoms with Gasteiger partial charge in [-0.2, -0.15) is 0 Å². The number of aryl methyl sites for hydroxylation is 1. The fourth-order valence-corrected chi connectivity index (χ4v) is 2.49. The monoisotopic (exact) mass is 347 g/mol. The van der Waals surface area contributed by atoms with E-state index in [1.807, 2.05) is 6.07 Å². The highest BCUT2D eigenvalue weighted by atomic mass is 19.1. The molecule has 0 aliphatic heterocycles. The quantitative estimate of drug-likeness (QED) is 0.797. The van der Waals surface area contributed by atoms with Crippen LogP contribution in [-0.4, -0.2) is 27.2 Å². The highest BCUT2D eigenvalue weighted by Gasteiger charge is 2.16. The first kappa shape index (κ1) is 18.6. The lowest BCUT2D eigenvalue weighted by molar-refractivity contribution is -0.121. The lowest BCUT2D eigenvalue weighted by atomic mass is 10.1. The summed E-state index contributed by atoms with van der Waals surface area (Å²) in [6.45, 7) is 0.311. The minimum Gasteiger partial charge on any atom is -0.493 e. The molecule has 2 aromatic carbocycles. The van der Waals surface area contributed by atoms with Gasteiger partial charge in [0.05, 0.1) is 21.3 Å². The standard InChI is InChI=1S/C19H22FNO4/c1-23-16-10-7-14(18(24-2)19(16)25-3)12-21-17(22)11-6-13-4-8-15(20)9-5-13/h4-5,7-10H,6,11-12H2,1-3H3,(H,21,22). The molecule has 0 spiro atoms. The zero-order chi connectivity index (χ0) is 18.2. The summed E-state index contributed by atoms with van der Waals surface area (Å²) in [4.78, 5) is 12.1. The maximum Gasteiger partial charge on any atom is 0.220 e. The fraction of sp³-hybridized carbons (Fsp3) is 0.316. The molecule has 5 nitrogen and oxygen atoms in total. The third-order valence-electron chi connectivity index (χ3n) is 3.82. The number of methoxy groups -OCH3 is 3. The van der Waals surface area contributed by atoms with Gasteiger partial charge in [-0.05, 0) is 36.2 Å². The first-order valence-corrected chi connectivity index (χ1v) is 7.88. The first-order chi connectivity index (χ1) is 12.1. The summed E-state index contributed by atoms with van der Waals surface area (Å²) in [6.07, 6.45) is 0.871. The molecule has 6 heteroatoms. The highest BCUT2D eigenvalue weighted by molar-refractivity contribution is 5.76. The van der Waals surface area contributed by atoms with Crippen molar-refractivity contribution >= 4 is 5.91 Å². The van der Waals surface area contributed by atoms with E-state index in [1.165, 1.54) is 26.4 Å². The zero-order valence-corrected chi connectivity index (χ0v) is 14.6. The number of carbonyl (C=O) groups is 1. The minimum atomic E-state index is -0.284. The van der Waals surface area contributed by atoms with Crippen LogP contribution in [0.4, 0.5) is 4.39 Å². The molecule has 2 aromatic rings. The summed E-state index contributed by atoms with van der Waals surface area (Å²) >= 11 is 0. The number of benzene rings is 2. The Bertz CT molecular complexity index is 716. The molecular weight excluding hydrogens is 325 g/mol. The smallest absolute Gasteiger partial charge is 0.220 e. The molecule has 1 N–H and O–H groups in total. The molecule has 0 radical (unpaired) electrons. The molecule has 0 atom stereocenters. The molecule has 134 valence electrons. The second-order valence-corrected chi connectivity index (χ2v) is 5.40. The predicted octanol–water partition coefficient (Wildman–Crippen LogP) is 3.10. The van der Waals surface area contributed by atoms with Gasteiger partial charge in [0.1, 0.15) is 5.82 Å². The second-order valence-electron chi connectivity index (χ2n) is 5.40. The van der Waals surface area contributed by atoms with Gasteiger partial charge in [0.2, 0.25) is 11.7 Å². The van der Waals surface area contributed by atoms with Gasteiger partial charge in [-0.3, -0.25) is 4.79 Å². The Labute approximate surface area is 146 Å². The van der Waals surface area contributed by atoms with Crippen LogP contribution in [0.25, 0.3) is 0 Å². The number of hydrogen-bond acceptors (Lipinski definition) is 4. The van der Waals surface area contributed by atoms with Crippen molar-refractivity contribution in [2.45, 2.75) is 19.4 Å². The van der Waals surface area contributed by atoms with E-state index in [1.54, 1.807) is 25.3 Å². The van der Waals surface area contributed by atoms with Crippen molar-refractivity contribution in [1.82, 2.24) is 5.32 Å². The summed E-state index contributed by atoms with van der Waals surface area (Å²) in [7, 11) is 4.62. The molecule has 0 aromatic heterocycles. The number of carbonyl (C=O) groups excluding carboxylic acids is 1. The zero-order valence-electron chi connectivity index (χ0n) is 14.6. The predicted molar refractivity (Wildman–Crippen MR) is 92.7 cm³/mol. The van der Waals surface area contributed by atoms with E-state index < -0.39 is 0 Å². The molecule has 0 fully saturated rings. The SMILES string of the molecule is COc1ccc(CNC(=O)CCc2ccc(F)cc2)c(OC)c1OC.